The van der Waals surface area contributed by atoms with Crippen molar-refractivity contribution in [1.29, 1.82) is 0 Å². The number of hydrogen-bond donors (Lipinski definition) is 1. The second-order valence-electron chi connectivity index (χ2n) is 5.63. The Labute approximate surface area is 151 Å². The Morgan fingerprint density at radius 1 is 1.04 bits per heavy atom. The second kappa shape index (κ2) is 7.98. The highest BCUT2D eigenvalue weighted by atomic mass is 32.2. The minimum atomic E-state index is -0.174. The topological polar surface area (TPSA) is 59.8 Å². The molecule has 5 nitrogen and oxygen atoms in total. The molecule has 0 bridgehead atoms. The number of rotatable bonds is 6. The lowest BCUT2D eigenvalue weighted by Crippen LogP contribution is -2.24. The van der Waals surface area contributed by atoms with Gasteiger partial charge in [0.25, 0.3) is 5.91 Å². The maximum atomic E-state index is 12.5. The van der Waals surface area contributed by atoms with Crippen molar-refractivity contribution >= 4 is 17.7 Å². The number of thioether (sulfide) groups is 1. The average molecular weight is 352 g/mol. The zero-order chi connectivity index (χ0) is 17.6. The fourth-order valence-electron chi connectivity index (χ4n) is 2.35. The van der Waals surface area contributed by atoms with Gasteiger partial charge in [0.1, 0.15) is 5.82 Å². The molecule has 3 aromatic rings. The Bertz CT molecular complexity index is 844. The molecule has 0 spiro atoms. The van der Waals surface area contributed by atoms with E-state index in [0.29, 0.717) is 16.5 Å². The molecule has 1 amide bonds. The molecule has 128 valence electrons. The SMILES string of the molecule is CCc1ccc(C(=O)Nn2c(C)nnc2SCc2ccccc2)cc1. The summed E-state index contributed by atoms with van der Waals surface area (Å²) in [6.07, 6.45) is 0.951. The van der Waals surface area contributed by atoms with Crippen LogP contribution < -0.4 is 5.43 Å². The number of carbonyl (C=O) groups excluding carboxylic acids is 1. The predicted octanol–water partition coefficient (Wildman–Crippen LogP) is 3.83. The lowest BCUT2D eigenvalue weighted by molar-refractivity contribution is 0.101. The summed E-state index contributed by atoms with van der Waals surface area (Å²) in [6.45, 7) is 3.91. The van der Waals surface area contributed by atoms with E-state index in [0.717, 1.165) is 12.2 Å². The second-order valence-corrected chi connectivity index (χ2v) is 6.57. The van der Waals surface area contributed by atoms with E-state index in [-0.39, 0.29) is 5.91 Å². The van der Waals surface area contributed by atoms with Crippen LogP contribution >= 0.6 is 11.8 Å². The molecule has 1 N–H and O–H groups in total. The van der Waals surface area contributed by atoms with Gasteiger partial charge in [-0.05, 0) is 36.6 Å². The van der Waals surface area contributed by atoms with E-state index in [2.05, 4.69) is 34.7 Å². The van der Waals surface area contributed by atoms with Crippen molar-refractivity contribution in [2.45, 2.75) is 31.2 Å². The smallest absolute Gasteiger partial charge is 0.267 e. The molecule has 1 heterocycles. The summed E-state index contributed by atoms with van der Waals surface area (Å²) in [5.41, 5.74) is 5.90. The Kier molecular flexibility index (Phi) is 5.50. The van der Waals surface area contributed by atoms with Gasteiger partial charge in [-0.3, -0.25) is 10.2 Å². The molecule has 0 aliphatic heterocycles. The summed E-state index contributed by atoms with van der Waals surface area (Å²) >= 11 is 1.54. The van der Waals surface area contributed by atoms with Gasteiger partial charge in [-0.1, -0.05) is 61.2 Å². The van der Waals surface area contributed by atoms with E-state index in [1.54, 1.807) is 4.68 Å². The van der Waals surface area contributed by atoms with E-state index in [4.69, 9.17) is 0 Å². The lowest BCUT2D eigenvalue weighted by Gasteiger charge is -2.10. The molecule has 0 saturated carbocycles. The number of nitrogens with one attached hydrogen (secondary N) is 1. The van der Waals surface area contributed by atoms with Crippen LogP contribution in [0.4, 0.5) is 0 Å². The number of amides is 1. The summed E-state index contributed by atoms with van der Waals surface area (Å²) in [6, 6.07) is 17.8. The quantitative estimate of drug-likeness (QED) is 0.685. The van der Waals surface area contributed by atoms with Crippen molar-refractivity contribution in [2.75, 3.05) is 5.43 Å². The first-order chi connectivity index (χ1) is 12.2. The van der Waals surface area contributed by atoms with Gasteiger partial charge >= 0.3 is 0 Å². The van der Waals surface area contributed by atoms with Crippen LogP contribution in [0.2, 0.25) is 0 Å². The summed E-state index contributed by atoms with van der Waals surface area (Å²) in [4.78, 5) is 12.5. The van der Waals surface area contributed by atoms with Crippen LogP contribution in [0.25, 0.3) is 0 Å². The molecule has 0 atom stereocenters. The van der Waals surface area contributed by atoms with Crippen molar-refractivity contribution in [1.82, 2.24) is 14.9 Å². The van der Waals surface area contributed by atoms with Crippen LogP contribution in [0.5, 0.6) is 0 Å². The van der Waals surface area contributed by atoms with Gasteiger partial charge in [-0.2, -0.15) is 0 Å². The summed E-state index contributed by atoms with van der Waals surface area (Å²) in [5, 5.41) is 8.91. The Balaban J connectivity index is 1.71. The van der Waals surface area contributed by atoms with E-state index in [1.807, 2.05) is 49.4 Å². The number of benzene rings is 2. The maximum Gasteiger partial charge on any atom is 0.270 e. The molecule has 0 fully saturated rings. The van der Waals surface area contributed by atoms with Crippen LogP contribution in [0.1, 0.15) is 34.2 Å². The normalized spacial score (nSPS) is 10.6. The zero-order valence-electron chi connectivity index (χ0n) is 14.3. The van der Waals surface area contributed by atoms with Crippen molar-refractivity contribution in [3.63, 3.8) is 0 Å². The van der Waals surface area contributed by atoms with E-state index < -0.39 is 0 Å². The number of hydrogen-bond acceptors (Lipinski definition) is 4. The molecule has 0 aliphatic rings. The van der Waals surface area contributed by atoms with Crippen molar-refractivity contribution in [3.8, 4) is 0 Å². The monoisotopic (exact) mass is 352 g/mol. The molecule has 0 radical (unpaired) electrons. The minimum absolute atomic E-state index is 0.174. The van der Waals surface area contributed by atoms with E-state index in [9.17, 15) is 4.79 Å². The average Bonchev–Trinajstić information content (AvgIpc) is 3.00. The van der Waals surface area contributed by atoms with Gasteiger partial charge in [0.15, 0.2) is 0 Å². The predicted molar refractivity (Wildman–Crippen MR) is 100 cm³/mol. The van der Waals surface area contributed by atoms with E-state index >= 15 is 0 Å². The molecule has 25 heavy (non-hydrogen) atoms. The van der Waals surface area contributed by atoms with Crippen LogP contribution in [0, 0.1) is 6.92 Å². The first kappa shape index (κ1) is 17.2. The van der Waals surface area contributed by atoms with E-state index in [1.165, 1.54) is 22.9 Å². The largest absolute Gasteiger partial charge is 0.270 e. The third-order valence-corrected chi connectivity index (χ3v) is 4.84. The number of aryl methyl sites for hydroxylation is 2. The highest BCUT2D eigenvalue weighted by Gasteiger charge is 2.13. The summed E-state index contributed by atoms with van der Waals surface area (Å²) in [5.74, 6) is 1.24. The number of carbonyl (C=O) groups is 1. The fraction of sp³-hybridized carbons (Fsp3) is 0.211. The van der Waals surface area contributed by atoms with Gasteiger partial charge in [-0.25, -0.2) is 4.68 Å². The Morgan fingerprint density at radius 2 is 1.76 bits per heavy atom. The first-order valence-corrected chi connectivity index (χ1v) is 9.15. The van der Waals surface area contributed by atoms with Gasteiger partial charge in [0.05, 0.1) is 0 Å². The number of nitrogens with zero attached hydrogens (tertiary/aromatic N) is 3. The minimum Gasteiger partial charge on any atom is -0.267 e. The highest BCUT2D eigenvalue weighted by Crippen LogP contribution is 2.21. The highest BCUT2D eigenvalue weighted by molar-refractivity contribution is 7.98. The molecular weight excluding hydrogens is 332 g/mol. The van der Waals surface area contributed by atoms with Crippen molar-refractivity contribution in [3.05, 3.63) is 77.1 Å². The fourth-order valence-corrected chi connectivity index (χ4v) is 3.24. The Hall–Kier alpha value is -2.60. The van der Waals surface area contributed by atoms with Gasteiger partial charge in [0.2, 0.25) is 5.16 Å². The van der Waals surface area contributed by atoms with Crippen LogP contribution in [-0.4, -0.2) is 20.8 Å². The molecule has 1 aromatic heterocycles. The third kappa shape index (κ3) is 4.28. The van der Waals surface area contributed by atoms with Gasteiger partial charge in [-0.15, -0.1) is 10.2 Å². The van der Waals surface area contributed by atoms with Crippen molar-refractivity contribution in [2.24, 2.45) is 0 Å². The molecule has 0 saturated heterocycles. The summed E-state index contributed by atoms with van der Waals surface area (Å²) in [7, 11) is 0. The number of aromatic nitrogens is 3. The Morgan fingerprint density at radius 3 is 2.44 bits per heavy atom. The van der Waals surface area contributed by atoms with Crippen LogP contribution in [-0.2, 0) is 12.2 Å². The summed E-state index contributed by atoms with van der Waals surface area (Å²) < 4.78 is 1.64. The van der Waals surface area contributed by atoms with Crippen LogP contribution in [0.15, 0.2) is 59.8 Å². The zero-order valence-corrected chi connectivity index (χ0v) is 15.1. The van der Waals surface area contributed by atoms with Gasteiger partial charge < -0.3 is 0 Å². The molecule has 0 unspecified atom stereocenters. The van der Waals surface area contributed by atoms with Crippen LogP contribution in [0.3, 0.4) is 0 Å². The molecule has 3 rings (SSSR count). The standard InChI is InChI=1S/C19H20N4OS/c1-3-15-9-11-17(12-10-15)18(24)22-23-14(2)20-21-19(23)25-13-16-7-5-4-6-8-16/h4-12H,3,13H2,1-2H3,(H,22,24). The molecule has 6 heteroatoms. The first-order valence-electron chi connectivity index (χ1n) is 8.16. The van der Waals surface area contributed by atoms with Gasteiger partial charge in [0, 0.05) is 11.3 Å². The third-order valence-electron chi connectivity index (χ3n) is 3.84. The lowest BCUT2D eigenvalue weighted by atomic mass is 10.1. The molecular formula is C19H20N4OS. The van der Waals surface area contributed by atoms with Crippen molar-refractivity contribution < 1.29 is 4.79 Å². The molecule has 2 aromatic carbocycles. The molecule has 0 aliphatic carbocycles. The maximum absolute atomic E-state index is 12.5.